The van der Waals surface area contributed by atoms with Gasteiger partial charge in [0.2, 0.25) is 5.82 Å². The van der Waals surface area contributed by atoms with Crippen LogP contribution in [0.15, 0.2) is 36.4 Å². The van der Waals surface area contributed by atoms with Gasteiger partial charge in [0, 0.05) is 5.56 Å². The zero-order valence-corrected chi connectivity index (χ0v) is 10.6. The Kier molecular flexibility index (Phi) is 3.82. The molecule has 0 radical (unpaired) electrons. The summed E-state index contributed by atoms with van der Waals surface area (Å²) in [6, 6.07) is 10.1. The monoisotopic (exact) mass is 258 g/mol. The Bertz CT molecular complexity index is 649. The topological polar surface area (TPSA) is 9.23 Å². The second-order valence-corrected chi connectivity index (χ2v) is 4.06. The van der Waals surface area contributed by atoms with Crippen molar-refractivity contribution in [1.29, 1.82) is 0 Å². The van der Waals surface area contributed by atoms with E-state index in [1.165, 1.54) is 13.2 Å². The van der Waals surface area contributed by atoms with E-state index in [9.17, 15) is 8.78 Å². The average molecular weight is 258 g/mol. The van der Waals surface area contributed by atoms with Gasteiger partial charge in [-0.25, -0.2) is 4.39 Å². The number of methoxy groups -OCH3 is 1. The molecule has 0 saturated heterocycles. The van der Waals surface area contributed by atoms with Gasteiger partial charge in [0.1, 0.15) is 0 Å². The van der Waals surface area contributed by atoms with Crippen LogP contribution in [0.3, 0.4) is 0 Å². The summed E-state index contributed by atoms with van der Waals surface area (Å²) in [5.74, 6) is 3.55. The maximum Gasteiger partial charge on any atom is 0.201 e. The van der Waals surface area contributed by atoms with Crippen LogP contribution in [0, 0.1) is 30.4 Å². The molecule has 0 fully saturated rings. The van der Waals surface area contributed by atoms with E-state index < -0.39 is 11.6 Å². The van der Waals surface area contributed by atoms with Gasteiger partial charge in [-0.1, -0.05) is 29.5 Å². The summed E-state index contributed by atoms with van der Waals surface area (Å²) < 4.78 is 31.4. The van der Waals surface area contributed by atoms with E-state index in [2.05, 4.69) is 11.8 Å². The molecule has 0 amide bonds. The molecule has 0 aromatic heterocycles. The van der Waals surface area contributed by atoms with Crippen molar-refractivity contribution < 1.29 is 13.5 Å². The summed E-state index contributed by atoms with van der Waals surface area (Å²) in [4.78, 5) is 0. The highest BCUT2D eigenvalue weighted by Crippen LogP contribution is 2.24. The number of hydrogen-bond acceptors (Lipinski definition) is 1. The van der Waals surface area contributed by atoms with E-state index in [0.717, 1.165) is 17.2 Å². The third kappa shape index (κ3) is 2.92. The molecule has 3 heteroatoms. The molecule has 0 aliphatic rings. The predicted octanol–water partition coefficient (Wildman–Crippen LogP) is 3.68. The van der Waals surface area contributed by atoms with Gasteiger partial charge in [0.05, 0.1) is 12.7 Å². The van der Waals surface area contributed by atoms with Gasteiger partial charge in [0.25, 0.3) is 0 Å². The first-order valence-electron chi connectivity index (χ1n) is 5.72. The predicted molar refractivity (Wildman–Crippen MR) is 70.1 cm³/mol. The fourth-order valence-corrected chi connectivity index (χ4v) is 1.61. The molecule has 0 heterocycles. The van der Waals surface area contributed by atoms with Crippen LogP contribution in [-0.4, -0.2) is 7.11 Å². The van der Waals surface area contributed by atoms with Crippen molar-refractivity contribution in [3.63, 3.8) is 0 Å². The van der Waals surface area contributed by atoms with Crippen molar-refractivity contribution in [2.75, 3.05) is 7.11 Å². The first-order chi connectivity index (χ1) is 9.11. The zero-order chi connectivity index (χ0) is 13.8. The molecular formula is C16H12F2O. The van der Waals surface area contributed by atoms with Crippen molar-refractivity contribution in [3.8, 4) is 17.6 Å². The number of aryl methyl sites for hydroxylation is 1. The maximum absolute atomic E-state index is 13.5. The molecule has 1 nitrogen and oxygen atoms in total. The lowest BCUT2D eigenvalue weighted by atomic mass is 10.1. The van der Waals surface area contributed by atoms with Gasteiger partial charge >= 0.3 is 0 Å². The summed E-state index contributed by atoms with van der Waals surface area (Å²) in [6.07, 6.45) is 0. The molecule has 96 valence electrons. The summed E-state index contributed by atoms with van der Waals surface area (Å²) in [6.45, 7) is 1.98. The molecule has 19 heavy (non-hydrogen) atoms. The molecule has 0 bridgehead atoms. The van der Waals surface area contributed by atoms with Crippen molar-refractivity contribution >= 4 is 0 Å². The summed E-state index contributed by atoms with van der Waals surface area (Å²) in [5, 5.41) is 0. The van der Waals surface area contributed by atoms with E-state index in [-0.39, 0.29) is 5.75 Å². The first kappa shape index (κ1) is 13.1. The summed E-state index contributed by atoms with van der Waals surface area (Å²) >= 11 is 0. The zero-order valence-electron chi connectivity index (χ0n) is 10.6. The van der Waals surface area contributed by atoms with Crippen molar-refractivity contribution in [2.45, 2.75) is 6.92 Å². The second kappa shape index (κ2) is 5.53. The van der Waals surface area contributed by atoms with Crippen LogP contribution in [0.4, 0.5) is 8.78 Å². The fraction of sp³-hybridized carbons (Fsp3) is 0.125. The standard InChI is InChI=1S/C16H12F2O/c1-11-3-5-12(6-4-11)7-8-13-9-10-14(17)15(18)16(13)19-2/h3-6,9-10H,1-2H3. The van der Waals surface area contributed by atoms with Gasteiger partial charge in [-0.2, -0.15) is 4.39 Å². The van der Waals surface area contributed by atoms with Gasteiger partial charge < -0.3 is 4.74 Å². The lowest BCUT2D eigenvalue weighted by molar-refractivity contribution is 0.370. The van der Waals surface area contributed by atoms with Gasteiger partial charge in [-0.15, -0.1) is 0 Å². The van der Waals surface area contributed by atoms with Gasteiger partial charge in [0.15, 0.2) is 11.6 Å². The Hall–Kier alpha value is -2.34. The molecule has 2 aromatic rings. The minimum Gasteiger partial charge on any atom is -0.492 e. The highest BCUT2D eigenvalue weighted by Gasteiger charge is 2.12. The van der Waals surface area contributed by atoms with Gasteiger partial charge in [-0.3, -0.25) is 0 Å². The molecule has 0 N–H and O–H groups in total. The number of hydrogen-bond donors (Lipinski definition) is 0. The highest BCUT2D eigenvalue weighted by molar-refractivity contribution is 5.50. The van der Waals surface area contributed by atoms with E-state index in [4.69, 9.17) is 4.74 Å². The molecule has 2 aromatic carbocycles. The Morgan fingerprint density at radius 1 is 0.947 bits per heavy atom. The molecule has 0 saturated carbocycles. The molecule has 0 unspecified atom stereocenters. The Morgan fingerprint density at radius 3 is 2.26 bits per heavy atom. The molecule has 0 aliphatic heterocycles. The lowest BCUT2D eigenvalue weighted by Crippen LogP contribution is -1.95. The largest absolute Gasteiger partial charge is 0.492 e. The summed E-state index contributed by atoms with van der Waals surface area (Å²) in [5.41, 5.74) is 2.26. The van der Waals surface area contributed by atoms with Crippen LogP contribution in [0.25, 0.3) is 0 Å². The van der Waals surface area contributed by atoms with Crippen molar-refractivity contribution in [2.24, 2.45) is 0 Å². The van der Waals surface area contributed by atoms with E-state index in [1.807, 2.05) is 31.2 Å². The Morgan fingerprint density at radius 2 is 1.63 bits per heavy atom. The van der Waals surface area contributed by atoms with Crippen LogP contribution in [0.1, 0.15) is 16.7 Å². The van der Waals surface area contributed by atoms with Crippen LogP contribution in [-0.2, 0) is 0 Å². The van der Waals surface area contributed by atoms with E-state index in [1.54, 1.807) is 0 Å². The molecule has 2 rings (SSSR count). The molecule has 0 atom stereocenters. The smallest absolute Gasteiger partial charge is 0.201 e. The number of benzene rings is 2. The van der Waals surface area contributed by atoms with Crippen LogP contribution in [0.5, 0.6) is 5.75 Å². The second-order valence-electron chi connectivity index (χ2n) is 4.06. The number of halogens is 2. The van der Waals surface area contributed by atoms with E-state index in [0.29, 0.717) is 5.56 Å². The third-order valence-corrected chi connectivity index (χ3v) is 2.65. The average Bonchev–Trinajstić information content (AvgIpc) is 2.42. The van der Waals surface area contributed by atoms with Crippen LogP contribution >= 0.6 is 0 Å². The van der Waals surface area contributed by atoms with Crippen LogP contribution in [0.2, 0.25) is 0 Å². The van der Waals surface area contributed by atoms with Crippen molar-refractivity contribution in [3.05, 3.63) is 64.7 Å². The number of ether oxygens (including phenoxy) is 1. The highest BCUT2D eigenvalue weighted by atomic mass is 19.2. The first-order valence-corrected chi connectivity index (χ1v) is 5.72. The fourth-order valence-electron chi connectivity index (χ4n) is 1.61. The molecule has 0 aliphatic carbocycles. The minimum atomic E-state index is -1.02. The van der Waals surface area contributed by atoms with E-state index >= 15 is 0 Å². The van der Waals surface area contributed by atoms with Crippen LogP contribution < -0.4 is 4.74 Å². The SMILES string of the molecule is COc1c(C#Cc2ccc(C)cc2)ccc(F)c1F. The Balaban J connectivity index is 2.39. The molecule has 0 spiro atoms. The van der Waals surface area contributed by atoms with Gasteiger partial charge in [-0.05, 0) is 31.2 Å². The Labute approximate surface area is 110 Å². The lowest BCUT2D eigenvalue weighted by Gasteiger charge is -2.04. The maximum atomic E-state index is 13.5. The van der Waals surface area contributed by atoms with Crippen molar-refractivity contribution in [1.82, 2.24) is 0 Å². The quantitative estimate of drug-likeness (QED) is 0.709. The minimum absolute atomic E-state index is 0.167. The normalized spacial score (nSPS) is 9.68. The summed E-state index contributed by atoms with van der Waals surface area (Å²) in [7, 11) is 1.29. The third-order valence-electron chi connectivity index (χ3n) is 2.65. The number of rotatable bonds is 1. The molecular weight excluding hydrogens is 246 g/mol.